The van der Waals surface area contributed by atoms with Crippen molar-refractivity contribution in [2.24, 2.45) is 5.92 Å². The average Bonchev–Trinajstić information content (AvgIpc) is 2.72. The molecule has 1 aliphatic rings. The number of carbonyl (C=O) groups excluding carboxylic acids is 1. The second-order valence-corrected chi connectivity index (χ2v) is 4.72. The van der Waals surface area contributed by atoms with Gasteiger partial charge in [0.05, 0.1) is 5.51 Å². The number of hydrogen-bond acceptors (Lipinski definition) is 3. The molecule has 0 amide bonds. The number of carbonyl (C=O) groups is 1. The van der Waals surface area contributed by atoms with E-state index in [1.165, 1.54) is 43.4 Å². The van der Waals surface area contributed by atoms with E-state index in [2.05, 4.69) is 4.98 Å². The Hall–Kier alpha value is -0.700. The van der Waals surface area contributed by atoms with Crippen molar-refractivity contribution in [3.63, 3.8) is 0 Å². The van der Waals surface area contributed by atoms with Crippen molar-refractivity contribution in [3.8, 4) is 0 Å². The molecule has 2 rings (SSSR count). The average molecular weight is 209 g/mol. The van der Waals surface area contributed by atoms with Crippen LogP contribution in [-0.4, -0.2) is 10.8 Å². The van der Waals surface area contributed by atoms with Crippen LogP contribution in [0.1, 0.15) is 49.0 Å². The minimum atomic E-state index is 0.234. The molecule has 0 saturated heterocycles. The predicted molar refractivity (Wildman–Crippen MR) is 57.6 cm³/mol. The minimum absolute atomic E-state index is 0.234. The number of aromatic nitrogens is 1. The lowest BCUT2D eigenvalue weighted by molar-refractivity contribution is 0.0946. The van der Waals surface area contributed by atoms with Crippen LogP contribution in [-0.2, 0) is 0 Å². The molecule has 1 aromatic rings. The molecule has 0 aliphatic heterocycles. The van der Waals surface area contributed by atoms with E-state index in [9.17, 15) is 4.79 Å². The predicted octanol–water partition coefficient (Wildman–Crippen LogP) is 3.30. The maximum absolute atomic E-state index is 11.7. The van der Waals surface area contributed by atoms with Crippen molar-refractivity contribution in [3.05, 3.63) is 16.6 Å². The van der Waals surface area contributed by atoms with Crippen LogP contribution in [0.4, 0.5) is 0 Å². The standard InChI is InChI=1S/C11H15NOS/c13-11(10-7-14-8-12-10)6-9-4-2-1-3-5-9/h7-9H,1-6H2. The number of hydrogen-bond donors (Lipinski definition) is 0. The van der Waals surface area contributed by atoms with Gasteiger partial charge in [-0.2, -0.15) is 0 Å². The Balaban J connectivity index is 1.87. The number of Topliss-reactive ketones (excluding diaryl/α,β-unsaturated/α-hetero) is 1. The van der Waals surface area contributed by atoms with Crippen LogP contribution in [0.15, 0.2) is 10.9 Å². The number of nitrogens with zero attached hydrogens (tertiary/aromatic N) is 1. The van der Waals surface area contributed by atoms with Gasteiger partial charge in [0, 0.05) is 11.8 Å². The Morgan fingerprint density at radius 1 is 1.43 bits per heavy atom. The monoisotopic (exact) mass is 209 g/mol. The van der Waals surface area contributed by atoms with Gasteiger partial charge in [0.15, 0.2) is 5.78 Å². The van der Waals surface area contributed by atoms with Gasteiger partial charge in [0.1, 0.15) is 5.69 Å². The molecule has 0 N–H and O–H groups in total. The summed E-state index contributed by atoms with van der Waals surface area (Å²) in [5.74, 6) is 0.858. The molecule has 1 fully saturated rings. The third-order valence-corrected chi connectivity index (χ3v) is 3.50. The molecule has 0 bridgehead atoms. The highest BCUT2D eigenvalue weighted by Crippen LogP contribution is 2.27. The molecule has 1 heterocycles. The molecule has 0 radical (unpaired) electrons. The van der Waals surface area contributed by atoms with Crippen LogP contribution in [0.25, 0.3) is 0 Å². The summed E-state index contributed by atoms with van der Waals surface area (Å²) >= 11 is 1.50. The molecule has 1 saturated carbocycles. The molecule has 3 heteroatoms. The highest BCUT2D eigenvalue weighted by Gasteiger charge is 2.18. The zero-order valence-electron chi connectivity index (χ0n) is 8.24. The lowest BCUT2D eigenvalue weighted by Gasteiger charge is -2.20. The maximum atomic E-state index is 11.7. The first-order chi connectivity index (χ1) is 6.86. The first-order valence-electron chi connectivity index (χ1n) is 5.27. The van der Waals surface area contributed by atoms with Crippen molar-refractivity contribution < 1.29 is 4.79 Å². The van der Waals surface area contributed by atoms with E-state index in [-0.39, 0.29) is 5.78 Å². The van der Waals surface area contributed by atoms with Gasteiger partial charge in [-0.05, 0) is 5.92 Å². The van der Waals surface area contributed by atoms with Crippen LogP contribution in [0.5, 0.6) is 0 Å². The topological polar surface area (TPSA) is 30.0 Å². The molecule has 2 nitrogen and oxygen atoms in total. The first-order valence-corrected chi connectivity index (χ1v) is 6.22. The van der Waals surface area contributed by atoms with Crippen molar-refractivity contribution in [2.75, 3.05) is 0 Å². The van der Waals surface area contributed by atoms with E-state index >= 15 is 0 Å². The van der Waals surface area contributed by atoms with Gasteiger partial charge in [-0.1, -0.05) is 32.1 Å². The molecular weight excluding hydrogens is 194 g/mol. The molecule has 0 unspecified atom stereocenters. The largest absolute Gasteiger partial charge is 0.292 e. The van der Waals surface area contributed by atoms with Gasteiger partial charge in [-0.15, -0.1) is 11.3 Å². The summed E-state index contributed by atoms with van der Waals surface area (Å²) in [6, 6.07) is 0. The number of rotatable bonds is 3. The van der Waals surface area contributed by atoms with E-state index in [4.69, 9.17) is 0 Å². The van der Waals surface area contributed by atoms with E-state index in [1.807, 2.05) is 5.38 Å². The summed E-state index contributed by atoms with van der Waals surface area (Å²) in [7, 11) is 0. The quantitative estimate of drug-likeness (QED) is 0.715. The zero-order chi connectivity index (χ0) is 9.80. The van der Waals surface area contributed by atoms with Gasteiger partial charge in [0.2, 0.25) is 0 Å². The van der Waals surface area contributed by atoms with E-state index in [1.54, 1.807) is 5.51 Å². The van der Waals surface area contributed by atoms with Crippen LogP contribution in [0, 0.1) is 5.92 Å². The summed E-state index contributed by atoms with van der Waals surface area (Å²) in [6.07, 6.45) is 7.13. The van der Waals surface area contributed by atoms with Gasteiger partial charge in [-0.3, -0.25) is 4.79 Å². The van der Waals surface area contributed by atoms with E-state index in [0.29, 0.717) is 18.0 Å². The van der Waals surface area contributed by atoms with E-state index < -0.39 is 0 Å². The van der Waals surface area contributed by atoms with Gasteiger partial charge >= 0.3 is 0 Å². The van der Waals surface area contributed by atoms with Crippen molar-refractivity contribution in [2.45, 2.75) is 38.5 Å². The van der Waals surface area contributed by atoms with E-state index in [0.717, 1.165) is 0 Å². The third-order valence-electron chi connectivity index (χ3n) is 2.92. The summed E-state index contributed by atoms with van der Waals surface area (Å²) in [4.78, 5) is 15.8. The zero-order valence-corrected chi connectivity index (χ0v) is 9.05. The van der Waals surface area contributed by atoms with Crippen molar-refractivity contribution in [1.29, 1.82) is 0 Å². The van der Waals surface area contributed by atoms with Gasteiger partial charge in [-0.25, -0.2) is 4.98 Å². The second kappa shape index (κ2) is 4.69. The van der Waals surface area contributed by atoms with Crippen LogP contribution in [0.2, 0.25) is 0 Å². The highest BCUT2D eigenvalue weighted by molar-refractivity contribution is 7.07. The Labute approximate surface area is 88.4 Å². The fourth-order valence-corrected chi connectivity index (χ4v) is 2.66. The maximum Gasteiger partial charge on any atom is 0.182 e. The highest BCUT2D eigenvalue weighted by atomic mass is 32.1. The molecule has 0 spiro atoms. The SMILES string of the molecule is O=C(CC1CCCCC1)c1cscn1. The Morgan fingerprint density at radius 2 is 2.21 bits per heavy atom. The molecule has 1 aliphatic carbocycles. The fraction of sp³-hybridized carbons (Fsp3) is 0.636. The van der Waals surface area contributed by atoms with Crippen molar-refractivity contribution in [1.82, 2.24) is 4.98 Å². The normalized spacial score (nSPS) is 18.3. The second-order valence-electron chi connectivity index (χ2n) is 4.01. The summed E-state index contributed by atoms with van der Waals surface area (Å²) in [5.41, 5.74) is 2.40. The molecular formula is C11H15NOS. The Morgan fingerprint density at radius 3 is 2.86 bits per heavy atom. The lowest BCUT2D eigenvalue weighted by Crippen LogP contribution is -2.12. The third kappa shape index (κ3) is 2.41. The molecule has 1 aromatic heterocycles. The number of ketones is 1. The minimum Gasteiger partial charge on any atom is -0.292 e. The van der Waals surface area contributed by atoms with Crippen LogP contribution in [0.3, 0.4) is 0 Å². The Kier molecular flexibility index (Phi) is 3.30. The lowest BCUT2D eigenvalue weighted by atomic mass is 9.85. The smallest absolute Gasteiger partial charge is 0.182 e. The molecule has 0 atom stereocenters. The van der Waals surface area contributed by atoms with Crippen LogP contribution >= 0.6 is 11.3 Å². The molecule has 0 aromatic carbocycles. The summed E-state index contributed by atoms with van der Waals surface area (Å²) in [6.45, 7) is 0. The van der Waals surface area contributed by atoms with Crippen LogP contribution < -0.4 is 0 Å². The Bertz CT molecular complexity index is 288. The van der Waals surface area contributed by atoms with Gasteiger partial charge < -0.3 is 0 Å². The summed E-state index contributed by atoms with van der Waals surface area (Å²) < 4.78 is 0. The molecule has 76 valence electrons. The van der Waals surface area contributed by atoms with Gasteiger partial charge in [0.25, 0.3) is 0 Å². The summed E-state index contributed by atoms with van der Waals surface area (Å²) in [5, 5.41) is 1.85. The number of thiazole rings is 1. The first kappa shape index (κ1) is 9.84. The van der Waals surface area contributed by atoms with Crippen molar-refractivity contribution >= 4 is 17.1 Å². The molecule has 14 heavy (non-hydrogen) atoms. The fourth-order valence-electron chi connectivity index (χ4n) is 2.11.